The molecule has 120 valence electrons. The van der Waals surface area contributed by atoms with E-state index in [4.69, 9.17) is 10.2 Å². The van der Waals surface area contributed by atoms with Gasteiger partial charge >= 0.3 is 0 Å². The van der Waals surface area contributed by atoms with E-state index in [1.54, 1.807) is 10.9 Å². The second-order valence-electron chi connectivity index (χ2n) is 5.28. The number of hydrogen-bond acceptors (Lipinski definition) is 6. The normalized spacial score (nSPS) is 16.4. The number of likely N-dealkylation sites (tertiary alicyclic amines) is 1. The maximum atomic E-state index is 11.2. The molecule has 0 radical (unpaired) electrons. The number of halogens is 1. The van der Waals surface area contributed by atoms with Crippen molar-refractivity contribution in [2.45, 2.75) is 25.9 Å². The summed E-state index contributed by atoms with van der Waals surface area (Å²) in [6, 6.07) is 3.73. The molecule has 2 N–H and O–H groups in total. The molecule has 1 amide bonds. The molecule has 3 heterocycles. The lowest BCUT2D eigenvalue weighted by molar-refractivity contribution is -0.123. The minimum absolute atomic E-state index is 0. The van der Waals surface area contributed by atoms with Crippen LogP contribution in [0.1, 0.15) is 24.4 Å². The highest BCUT2D eigenvalue weighted by molar-refractivity contribution is 5.85. The Bertz CT molecular complexity index is 591. The maximum Gasteiger partial charge on any atom is 0.220 e. The molecule has 0 spiro atoms. The minimum Gasteiger partial charge on any atom is -0.467 e. The van der Waals surface area contributed by atoms with Gasteiger partial charge in [-0.05, 0) is 48.5 Å². The van der Waals surface area contributed by atoms with Crippen molar-refractivity contribution >= 4 is 18.3 Å². The Morgan fingerprint density at radius 3 is 2.77 bits per heavy atom. The van der Waals surface area contributed by atoms with Crippen LogP contribution in [0.4, 0.5) is 0 Å². The number of hydrogen-bond donors (Lipinski definition) is 1. The summed E-state index contributed by atoms with van der Waals surface area (Å²) in [5.41, 5.74) is 5.34. The first-order valence-corrected chi connectivity index (χ1v) is 7.01. The predicted molar refractivity (Wildman–Crippen MR) is 80.1 cm³/mol. The van der Waals surface area contributed by atoms with Crippen molar-refractivity contribution in [2.75, 3.05) is 13.1 Å². The average Bonchev–Trinajstić information content (AvgIpc) is 3.13. The molecule has 2 aromatic heterocycles. The highest BCUT2D eigenvalue weighted by Gasteiger charge is 2.24. The Kier molecular flexibility index (Phi) is 5.51. The van der Waals surface area contributed by atoms with Gasteiger partial charge < -0.3 is 10.2 Å². The zero-order chi connectivity index (χ0) is 14.7. The van der Waals surface area contributed by atoms with Gasteiger partial charge in [0.05, 0.1) is 12.8 Å². The minimum atomic E-state index is -0.197. The van der Waals surface area contributed by atoms with Crippen molar-refractivity contribution in [3.8, 4) is 0 Å². The fraction of sp³-hybridized carbons (Fsp3) is 0.538. The Balaban J connectivity index is 0.00000176. The van der Waals surface area contributed by atoms with Crippen molar-refractivity contribution in [3.05, 3.63) is 30.0 Å². The number of furan rings is 1. The van der Waals surface area contributed by atoms with E-state index in [9.17, 15) is 4.79 Å². The lowest BCUT2D eigenvalue weighted by atomic mass is 9.96. The first-order chi connectivity index (χ1) is 10.2. The first-order valence-electron chi connectivity index (χ1n) is 7.01. The number of primary amides is 1. The Morgan fingerprint density at radius 1 is 1.36 bits per heavy atom. The molecule has 1 aliphatic rings. The summed E-state index contributed by atoms with van der Waals surface area (Å²) in [5.74, 6) is 1.41. The van der Waals surface area contributed by atoms with Gasteiger partial charge in [0.25, 0.3) is 0 Å². The zero-order valence-electron chi connectivity index (χ0n) is 12.1. The third-order valence-electron chi connectivity index (χ3n) is 3.85. The molecule has 0 atom stereocenters. The number of rotatable bonds is 5. The van der Waals surface area contributed by atoms with Crippen molar-refractivity contribution < 1.29 is 9.21 Å². The molecule has 2 aromatic rings. The third-order valence-corrected chi connectivity index (χ3v) is 3.85. The molecule has 0 bridgehead atoms. The molecule has 0 unspecified atom stereocenters. The van der Waals surface area contributed by atoms with Crippen molar-refractivity contribution in [3.63, 3.8) is 0 Å². The van der Waals surface area contributed by atoms with E-state index in [0.29, 0.717) is 13.1 Å². The molecule has 0 aliphatic carbocycles. The summed E-state index contributed by atoms with van der Waals surface area (Å²) in [6.07, 6.45) is 3.23. The Morgan fingerprint density at radius 2 is 2.14 bits per heavy atom. The van der Waals surface area contributed by atoms with Crippen LogP contribution in [-0.2, 0) is 17.9 Å². The van der Waals surface area contributed by atoms with Crippen LogP contribution in [0.15, 0.2) is 22.8 Å². The standard InChI is InChI=1S/C13H18N6O2.ClH/c14-13(20)10-3-5-18(6-4-10)9-12-15-16-17-19(12)8-11-2-1-7-21-11;/h1-2,7,10H,3-6,8-9H2,(H2,14,20);1H. The van der Waals surface area contributed by atoms with Gasteiger partial charge in [-0.15, -0.1) is 17.5 Å². The molecule has 8 nitrogen and oxygen atoms in total. The predicted octanol–water partition coefficient (Wildman–Crippen LogP) is 0.433. The molecule has 1 saturated heterocycles. The molecular weight excluding hydrogens is 308 g/mol. The van der Waals surface area contributed by atoms with Crippen molar-refractivity contribution in [2.24, 2.45) is 11.7 Å². The van der Waals surface area contributed by atoms with Crippen LogP contribution in [0.25, 0.3) is 0 Å². The second kappa shape index (κ2) is 7.37. The number of carbonyl (C=O) groups is 1. The van der Waals surface area contributed by atoms with Crippen molar-refractivity contribution in [1.29, 1.82) is 0 Å². The lowest BCUT2D eigenvalue weighted by Gasteiger charge is -2.29. The monoisotopic (exact) mass is 326 g/mol. The van der Waals surface area contributed by atoms with Crippen LogP contribution >= 0.6 is 12.4 Å². The number of nitrogens with zero attached hydrogens (tertiary/aromatic N) is 5. The van der Waals surface area contributed by atoms with E-state index in [2.05, 4.69) is 20.4 Å². The van der Waals surface area contributed by atoms with E-state index < -0.39 is 0 Å². The van der Waals surface area contributed by atoms with Gasteiger partial charge in [-0.3, -0.25) is 9.69 Å². The number of nitrogens with two attached hydrogens (primary N) is 1. The van der Waals surface area contributed by atoms with Crippen molar-refractivity contribution in [1.82, 2.24) is 25.1 Å². The Hall–Kier alpha value is -1.93. The summed E-state index contributed by atoms with van der Waals surface area (Å²) < 4.78 is 7.05. The lowest BCUT2D eigenvalue weighted by Crippen LogP contribution is -2.38. The summed E-state index contributed by atoms with van der Waals surface area (Å²) in [7, 11) is 0. The van der Waals surface area contributed by atoms with Gasteiger partial charge in [0.1, 0.15) is 12.3 Å². The molecule has 0 saturated carbocycles. The number of piperidine rings is 1. The van der Waals surface area contributed by atoms with E-state index in [0.717, 1.165) is 37.5 Å². The molecule has 22 heavy (non-hydrogen) atoms. The van der Waals surface area contributed by atoms with Crippen LogP contribution < -0.4 is 5.73 Å². The highest BCUT2D eigenvalue weighted by Crippen LogP contribution is 2.18. The van der Waals surface area contributed by atoms with E-state index >= 15 is 0 Å². The molecule has 1 fully saturated rings. The van der Waals surface area contributed by atoms with Gasteiger partial charge in [-0.2, -0.15) is 0 Å². The van der Waals surface area contributed by atoms with E-state index in [-0.39, 0.29) is 24.2 Å². The second-order valence-corrected chi connectivity index (χ2v) is 5.28. The SMILES string of the molecule is Cl.NC(=O)C1CCN(Cc2nnnn2Cc2ccco2)CC1. The van der Waals surface area contributed by atoms with Gasteiger partial charge in [-0.25, -0.2) is 4.68 Å². The quantitative estimate of drug-likeness (QED) is 0.854. The summed E-state index contributed by atoms with van der Waals surface area (Å²) in [5, 5.41) is 11.8. The molecule has 1 aliphatic heterocycles. The maximum absolute atomic E-state index is 11.2. The van der Waals surface area contributed by atoms with Crippen LogP contribution in [0.3, 0.4) is 0 Å². The van der Waals surface area contributed by atoms with Crippen LogP contribution in [-0.4, -0.2) is 44.1 Å². The highest BCUT2D eigenvalue weighted by atomic mass is 35.5. The van der Waals surface area contributed by atoms with Gasteiger partial charge in [0.15, 0.2) is 5.82 Å². The summed E-state index contributed by atoms with van der Waals surface area (Å²) >= 11 is 0. The topological polar surface area (TPSA) is 103 Å². The largest absolute Gasteiger partial charge is 0.467 e. The molecule has 9 heteroatoms. The van der Waals surface area contributed by atoms with Gasteiger partial charge in [0.2, 0.25) is 5.91 Å². The number of aromatic nitrogens is 4. The fourth-order valence-corrected chi connectivity index (χ4v) is 2.59. The van der Waals surface area contributed by atoms with Gasteiger partial charge in [0, 0.05) is 5.92 Å². The smallest absolute Gasteiger partial charge is 0.220 e. The fourth-order valence-electron chi connectivity index (χ4n) is 2.59. The number of carbonyl (C=O) groups excluding carboxylic acids is 1. The Labute approximate surface area is 134 Å². The average molecular weight is 327 g/mol. The van der Waals surface area contributed by atoms with E-state index in [1.165, 1.54) is 0 Å². The van der Waals surface area contributed by atoms with Crippen LogP contribution in [0, 0.1) is 5.92 Å². The number of tetrazole rings is 1. The molecule has 3 rings (SSSR count). The van der Waals surface area contributed by atoms with Crippen LogP contribution in [0.5, 0.6) is 0 Å². The van der Waals surface area contributed by atoms with E-state index in [1.807, 2.05) is 12.1 Å². The molecule has 0 aromatic carbocycles. The summed E-state index contributed by atoms with van der Waals surface area (Å²) in [4.78, 5) is 13.4. The zero-order valence-corrected chi connectivity index (χ0v) is 12.9. The first kappa shape index (κ1) is 16.4. The number of amides is 1. The third kappa shape index (κ3) is 3.83. The van der Waals surface area contributed by atoms with Gasteiger partial charge in [-0.1, -0.05) is 0 Å². The summed E-state index contributed by atoms with van der Waals surface area (Å²) in [6.45, 7) is 2.86. The van der Waals surface area contributed by atoms with Crippen LogP contribution in [0.2, 0.25) is 0 Å². The molecular formula is C13H19ClN6O2.